The smallest absolute Gasteiger partial charge is 0.136 e. The van der Waals surface area contributed by atoms with Crippen molar-refractivity contribution in [2.24, 2.45) is 0 Å². The normalized spacial score (nSPS) is 10.2. The molecule has 0 unspecified atom stereocenters. The highest BCUT2D eigenvalue weighted by atomic mass is 79.9. The molecule has 0 amide bonds. The van der Waals surface area contributed by atoms with Gasteiger partial charge in [-0.05, 0) is 35.0 Å². The lowest BCUT2D eigenvalue weighted by Gasteiger charge is -2.07. The lowest BCUT2D eigenvalue weighted by Crippen LogP contribution is -2.06. The maximum Gasteiger partial charge on any atom is 0.136 e. The SMILES string of the molecule is CCOCCOc1cc(F)ccc1Br. The van der Waals surface area contributed by atoms with E-state index in [1.807, 2.05) is 6.92 Å². The minimum absolute atomic E-state index is 0.306. The highest BCUT2D eigenvalue weighted by molar-refractivity contribution is 9.10. The van der Waals surface area contributed by atoms with Crippen LogP contribution in [0.3, 0.4) is 0 Å². The summed E-state index contributed by atoms with van der Waals surface area (Å²) in [6.45, 7) is 3.52. The van der Waals surface area contributed by atoms with Crippen LogP contribution in [0.15, 0.2) is 22.7 Å². The lowest BCUT2D eigenvalue weighted by molar-refractivity contribution is 0.110. The molecule has 0 saturated heterocycles. The van der Waals surface area contributed by atoms with Crippen molar-refractivity contribution in [3.8, 4) is 5.75 Å². The van der Waals surface area contributed by atoms with Crippen LogP contribution in [0, 0.1) is 5.82 Å². The van der Waals surface area contributed by atoms with Gasteiger partial charge in [-0.3, -0.25) is 0 Å². The van der Waals surface area contributed by atoms with Gasteiger partial charge in [0.1, 0.15) is 18.2 Å². The van der Waals surface area contributed by atoms with Crippen molar-refractivity contribution in [3.05, 3.63) is 28.5 Å². The monoisotopic (exact) mass is 262 g/mol. The highest BCUT2D eigenvalue weighted by Gasteiger charge is 2.02. The van der Waals surface area contributed by atoms with E-state index >= 15 is 0 Å². The first-order valence-electron chi connectivity index (χ1n) is 4.39. The Bertz CT molecular complexity index is 291. The molecule has 1 aromatic rings. The molecule has 0 atom stereocenters. The molecule has 2 nitrogen and oxygen atoms in total. The Kier molecular flexibility index (Phi) is 4.90. The van der Waals surface area contributed by atoms with Crippen molar-refractivity contribution < 1.29 is 13.9 Å². The first kappa shape index (κ1) is 11.5. The van der Waals surface area contributed by atoms with E-state index in [9.17, 15) is 4.39 Å². The van der Waals surface area contributed by atoms with Gasteiger partial charge in [-0.25, -0.2) is 4.39 Å². The van der Waals surface area contributed by atoms with E-state index in [-0.39, 0.29) is 5.82 Å². The van der Waals surface area contributed by atoms with Gasteiger partial charge in [0.25, 0.3) is 0 Å². The fourth-order valence-electron chi connectivity index (χ4n) is 0.943. The molecular formula is C10H12BrFO2. The van der Waals surface area contributed by atoms with Crippen molar-refractivity contribution in [1.29, 1.82) is 0 Å². The van der Waals surface area contributed by atoms with Crippen molar-refractivity contribution in [3.63, 3.8) is 0 Å². The van der Waals surface area contributed by atoms with Gasteiger partial charge in [0.2, 0.25) is 0 Å². The van der Waals surface area contributed by atoms with E-state index in [0.29, 0.717) is 25.6 Å². The number of hydrogen-bond acceptors (Lipinski definition) is 2. The quantitative estimate of drug-likeness (QED) is 0.760. The Balaban J connectivity index is 2.45. The van der Waals surface area contributed by atoms with Crippen LogP contribution in [-0.4, -0.2) is 19.8 Å². The zero-order chi connectivity index (χ0) is 10.4. The Hall–Kier alpha value is -0.610. The van der Waals surface area contributed by atoms with Crippen molar-refractivity contribution in [2.45, 2.75) is 6.92 Å². The van der Waals surface area contributed by atoms with Gasteiger partial charge in [0.15, 0.2) is 0 Å². The Morgan fingerprint density at radius 1 is 1.36 bits per heavy atom. The zero-order valence-electron chi connectivity index (χ0n) is 7.93. The zero-order valence-corrected chi connectivity index (χ0v) is 9.51. The molecule has 0 aliphatic heterocycles. The predicted octanol–water partition coefficient (Wildman–Crippen LogP) is 3.00. The molecule has 1 rings (SSSR count). The molecule has 0 N–H and O–H groups in total. The molecule has 0 radical (unpaired) electrons. The first-order chi connectivity index (χ1) is 6.74. The summed E-state index contributed by atoms with van der Waals surface area (Å²) in [6, 6.07) is 4.33. The number of ether oxygens (including phenoxy) is 2. The van der Waals surface area contributed by atoms with Gasteiger partial charge in [0, 0.05) is 12.7 Å². The number of halogens is 2. The number of hydrogen-bond donors (Lipinski definition) is 0. The fourth-order valence-corrected chi connectivity index (χ4v) is 1.30. The maximum atomic E-state index is 12.8. The molecule has 0 fully saturated rings. The van der Waals surface area contributed by atoms with Gasteiger partial charge in [-0.1, -0.05) is 0 Å². The van der Waals surface area contributed by atoms with E-state index in [2.05, 4.69) is 15.9 Å². The van der Waals surface area contributed by atoms with E-state index in [4.69, 9.17) is 9.47 Å². The molecular weight excluding hydrogens is 251 g/mol. The minimum atomic E-state index is -0.306. The summed E-state index contributed by atoms with van der Waals surface area (Å²) >= 11 is 3.27. The summed E-state index contributed by atoms with van der Waals surface area (Å²) in [4.78, 5) is 0. The predicted molar refractivity (Wildman–Crippen MR) is 56.1 cm³/mol. The van der Waals surface area contributed by atoms with Crippen LogP contribution < -0.4 is 4.74 Å². The van der Waals surface area contributed by atoms with E-state index in [1.54, 1.807) is 6.07 Å². The standard InChI is InChI=1S/C10H12BrFO2/c1-2-13-5-6-14-10-7-8(12)3-4-9(10)11/h3-4,7H,2,5-6H2,1H3. The summed E-state index contributed by atoms with van der Waals surface area (Å²) in [6.07, 6.45) is 0. The average Bonchev–Trinajstić information content (AvgIpc) is 2.18. The van der Waals surface area contributed by atoms with Crippen LogP contribution >= 0.6 is 15.9 Å². The van der Waals surface area contributed by atoms with Crippen LogP contribution in [0.2, 0.25) is 0 Å². The molecule has 0 saturated carbocycles. The molecule has 1 aromatic carbocycles. The van der Waals surface area contributed by atoms with Crippen LogP contribution in [0.5, 0.6) is 5.75 Å². The van der Waals surface area contributed by atoms with Crippen LogP contribution in [-0.2, 0) is 4.74 Å². The molecule has 0 aliphatic carbocycles. The van der Waals surface area contributed by atoms with Crippen molar-refractivity contribution in [2.75, 3.05) is 19.8 Å². The topological polar surface area (TPSA) is 18.5 Å². The molecule has 0 aromatic heterocycles. The van der Waals surface area contributed by atoms with E-state index < -0.39 is 0 Å². The van der Waals surface area contributed by atoms with Gasteiger partial charge < -0.3 is 9.47 Å². The maximum absolute atomic E-state index is 12.8. The largest absolute Gasteiger partial charge is 0.490 e. The lowest BCUT2D eigenvalue weighted by atomic mass is 10.3. The summed E-state index contributed by atoms with van der Waals surface area (Å²) in [5.74, 6) is 0.198. The van der Waals surface area contributed by atoms with Crippen LogP contribution in [0.4, 0.5) is 4.39 Å². The summed E-state index contributed by atoms with van der Waals surface area (Å²) in [7, 11) is 0. The van der Waals surface area contributed by atoms with E-state index in [0.717, 1.165) is 4.47 Å². The molecule has 0 heterocycles. The van der Waals surface area contributed by atoms with Crippen molar-refractivity contribution in [1.82, 2.24) is 0 Å². The second kappa shape index (κ2) is 5.98. The minimum Gasteiger partial charge on any atom is -0.490 e. The van der Waals surface area contributed by atoms with Gasteiger partial charge in [-0.15, -0.1) is 0 Å². The Labute approximate surface area is 91.2 Å². The third kappa shape index (κ3) is 3.64. The second-order valence-corrected chi connectivity index (χ2v) is 3.47. The third-order valence-corrected chi connectivity index (χ3v) is 2.24. The van der Waals surface area contributed by atoms with Gasteiger partial charge in [0.05, 0.1) is 11.1 Å². The molecule has 0 spiro atoms. The molecule has 0 aliphatic rings. The van der Waals surface area contributed by atoms with Crippen LogP contribution in [0.25, 0.3) is 0 Å². The molecule has 14 heavy (non-hydrogen) atoms. The Morgan fingerprint density at radius 2 is 2.14 bits per heavy atom. The molecule has 78 valence electrons. The third-order valence-electron chi connectivity index (χ3n) is 1.58. The molecule has 0 bridgehead atoms. The first-order valence-corrected chi connectivity index (χ1v) is 5.19. The summed E-state index contributed by atoms with van der Waals surface area (Å²) < 4.78 is 23.9. The van der Waals surface area contributed by atoms with Gasteiger partial charge in [-0.2, -0.15) is 0 Å². The Morgan fingerprint density at radius 3 is 2.86 bits per heavy atom. The summed E-state index contributed by atoms with van der Waals surface area (Å²) in [5.41, 5.74) is 0. The van der Waals surface area contributed by atoms with Crippen molar-refractivity contribution >= 4 is 15.9 Å². The molecule has 4 heteroatoms. The summed E-state index contributed by atoms with van der Waals surface area (Å²) in [5, 5.41) is 0. The number of benzene rings is 1. The van der Waals surface area contributed by atoms with Gasteiger partial charge >= 0.3 is 0 Å². The average molecular weight is 263 g/mol. The highest BCUT2D eigenvalue weighted by Crippen LogP contribution is 2.25. The second-order valence-electron chi connectivity index (χ2n) is 2.62. The van der Waals surface area contributed by atoms with E-state index in [1.165, 1.54) is 12.1 Å². The fraction of sp³-hybridized carbons (Fsp3) is 0.400. The number of rotatable bonds is 5. The van der Waals surface area contributed by atoms with Crippen LogP contribution in [0.1, 0.15) is 6.92 Å².